The Morgan fingerprint density at radius 1 is 1.24 bits per heavy atom. The minimum absolute atomic E-state index is 0.0851. The molecule has 3 rings (SSSR count). The molecular weight excluding hydrogens is 369 g/mol. The lowest BCUT2D eigenvalue weighted by atomic mass is 10.2. The van der Waals surface area contributed by atoms with Crippen molar-refractivity contribution in [3.05, 3.63) is 54.0 Å². The van der Waals surface area contributed by atoms with Crippen molar-refractivity contribution in [2.45, 2.75) is 38.8 Å². The second kappa shape index (κ2) is 10.6. The van der Waals surface area contributed by atoms with Crippen molar-refractivity contribution in [1.29, 1.82) is 0 Å². The molecule has 1 fully saturated rings. The first-order valence-corrected chi connectivity index (χ1v) is 10.2. The molecule has 2 aromatic rings. The van der Waals surface area contributed by atoms with E-state index < -0.39 is 0 Å². The van der Waals surface area contributed by atoms with Crippen molar-refractivity contribution in [2.75, 3.05) is 31.6 Å². The van der Waals surface area contributed by atoms with Gasteiger partial charge in [0.25, 0.3) is 0 Å². The highest BCUT2D eigenvalue weighted by atomic mass is 19.1. The fourth-order valence-corrected chi connectivity index (χ4v) is 3.31. The molecule has 2 heterocycles. The molecule has 1 unspecified atom stereocenters. The van der Waals surface area contributed by atoms with Crippen molar-refractivity contribution in [2.24, 2.45) is 4.99 Å². The van der Waals surface area contributed by atoms with Crippen LogP contribution in [0.3, 0.4) is 0 Å². The molecule has 1 atom stereocenters. The smallest absolute Gasteiger partial charge is 0.191 e. The normalized spacial score (nSPS) is 15.3. The van der Waals surface area contributed by atoms with Crippen LogP contribution in [-0.4, -0.2) is 43.7 Å². The minimum Gasteiger partial charge on any atom is -0.489 e. The van der Waals surface area contributed by atoms with Gasteiger partial charge in [-0.05, 0) is 49.1 Å². The zero-order valence-electron chi connectivity index (χ0n) is 17.2. The van der Waals surface area contributed by atoms with E-state index in [0.29, 0.717) is 24.8 Å². The Bertz CT molecular complexity index is 807. The Labute approximate surface area is 172 Å². The van der Waals surface area contributed by atoms with Gasteiger partial charge in [0.2, 0.25) is 0 Å². The summed E-state index contributed by atoms with van der Waals surface area (Å²) in [5.74, 6) is 1.98. The van der Waals surface area contributed by atoms with Crippen molar-refractivity contribution >= 4 is 11.8 Å². The number of hydrogen-bond donors (Lipinski definition) is 2. The molecular formula is C22H30FN5O. The third kappa shape index (κ3) is 6.34. The van der Waals surface area contributed by atoms with Gasteiger partial charge in [0.15, 0.2) is 5.96 Å². The maximum atomic E-state index is 13.3. The van der Waals surface area contributed by atoms with E-state index in [-0.39, 0.29) is 11.9 Å². The number of rotatable bonds is 8. The zero-order valence-corrected chi connectivity index (χ0v) is 17.2. The van der Waals surface area contributed by atoms with Crippen LogP contribution in [0.1, 0.15) is 31.7 Å². The Hall–Kier alpha value is -2.83. The number of aliphatic imine (C=N–C) groups is 1. The van der Waals surface area contributed by atoms with Gasteiger partial charge in [-0.1, -0.05) is 13.0 Å². The van der Waals surface area contributed by atoms with E-state index in [1.807, 2.05) is 19.2 Å². The molecule has 1 aromatic carbocycles. The zero-order chi connectivity index (χ0) is 20.5. The molecule has 0 saturated carbocycles. The number of anilines is 1. The number of halogens is 1. The SMILES string of the molecule is CCC(CNC(=NC)NCc1ccnc(N2CCCC2)c1)Oc1cccc(F)c1. The summed E-state index contributed by atoms with van der Waals surface area (Å²) in [6.07, 6.45) is 5.04. The number of ether oxygens (including phenoxy) is 1. The minimum atomic E-state index is -0.298. The first-order chi connectivity index (χ1) is 14.2. The van der Waals surface area contributed by atoms with Crippen LogP contribution in [0.5, 0.6) is 5.75 Å². The first kappa shape index (κ1) is 20.9. The second-order valence-electron chi connectivity index (χ2n) is 7.13. The van der Waals surface area contributed by atoms with Crippen molar-refractivity contribution in [1.82, 2.24) is 15.6 Å². The number of pyridine rings is 1. The standard InChI is InChI=1S/C22H30FN5O/c1-3-19(29-20-8-6-7-18(23)14-20)16-27-22(24-2)26-15-17-9-10-25-21(13-17)28-11-4-5-12-28/h6-10,13-14,19H,3-5,11-12,15-16H2,1-2H3,(H2,24,26,27). The number of guanidine groups is 1. The van der Waals surface area contributed by atoms with Crippen LogP contribution >= 0.6 is 0 Å². The summed E-state index contributed by atoms with van der Waals surface area (Å²) in [4.78, 5) is 11.1. The van der Waals surface area contributed by atoms with E-state index in [2.05, 4.69) is 31.6 Å². The van der Waals surface area contributed by atoms with Crippen LogP contribution in [0.25, 0.3) is 0 Å². The maximum Gasteiger partial charge on any atom is 0.191 e. The van der Waals surface area contributed by atoms with Gasteiger partial charge in [0.1, 0.15) is 23.5 Å². The number of hydrogen-bond acceptors (Lipinski definition) is 4. The van der Waals surface area contributed by atoms with Gasteiger partial charge in [-0.2, -0.15) is 0 Å². The quantitative estimate of drug-likeness (QED) is 0.527. The lowest BCUT2D eigenvalue weighted by molar-refractivity contribution is 0.199. The number of nitrogens with zero attached hydrogens (tertiary/aromatic N) is 3. The highest BCUT2D eigenvalue weighted by Gasteiger charge is 2.14. The van der Waals surface area contributed by atoms with E-state index in [0.717, 1.165) is 30.9 Å². The number of nitrogens with one attached hydrogen (secondary N) is 2. The summed E-state index contributed by atoms with van der Waals surface area (Å²) in [5.41, 5.74) is 1.16. The summed E-state index contributed by atoms with van der Waals surface area (Å²) in [6.45, 7) is 5.43. The summed E-state index contributed by atoms with van der Waals surface area (Å²) in [5, 5.41) is 6.62. The molecule has 1 aliphatic rings. The van der Waals surface area contributed by atoms with Gasteiger partial charge >= 0.3 is 0 Å². The molecule has 1 saturated heterocycles. The van der Waals surface area contributed by atoms with Crippen molar-refractivity contribution in [3.63, 3.8) is 0 Å². The molecule has 2 N–H and O–H groups in total. The van der Waals surface area contributed by atoms with Gasteiger partial charge in [0, 0.05) is 38.9 Å². The molecule has 6 nitrogen and oxygen atoms in total. The Balaban J connectivity index is 1.49. The third-order valence-corrected chi connectivity index (χ3v) is 4.97. The van der Waals surface area contributed by atoms with E-state index in [1.54, 1.807) is 19.2 Å². The number of benzene rings is 1. The highest BCUT2D eigenvalue weighted by Crippen LogP contribution is 2.18. The Morgan fingerprint density at radius 3 is 2.79 bits per heavy atom. The van der Waals surface area contributed by atoms with Crippen molar-refractivity contribution in [3.8, 4) is 5.75 Å². The summed E-state index contributed by atoms with van der Waals surface area (Å²) in [7, 11) is 1.74. The van der Waals surface area contributed by atoms with Gasteiger partial charge < -0.3 is 20.3 Å². The lowest BCUT2D eigenvalue weighted by Crippen LogP contribution is -2.42. The molecule has 0 radical (unpaired) electrons. The van der Waals surface area contributed by atoms with E-state index in [1.165, 1.54) is 25.0 Å². The van der Waals surface area contributed by atoms with Crippen LogP contribution in [0.15, 0.2) is 47.6 Å². The van der Waals surface area contributed by atoms with E-state index in [9.17, 15) is 4.39 Å². The van der Waals surface area contributed by atoms with Crippen LogP contribution in [0.2, 0.25) is 0 Å². The average Bonchev–Trinajstić information content (AvgIpc) is 3.28. The average molecular weight is 400 g/mol. The van der Waals surface area contributed by atoms with Gasteiger partial charge in [-0.3, -0.25) is 4.99 Å². The number of aromatic nitrogens is 1. The lowest BCUT2D eigenvalue weighted by Gasteiger charge is -2.20. The van der Waals surface area contributed by atoms with Crippen LogP contribution in [0, 0.1) is 5.82 Å². The molecule has 1 aliphatic heterocycles. The van der Waals surface area contributed by atoms with Crippen LogP contribution < -0.4 is 20.3 Å². The van der Waals surface area contributed by atoms with Gasteiger partial charge in [0.05, 0.1) is 6.54 Å². The second-order valence-corrected chi connectivity index (χ2v) is 7.13. The molecule has 7 heteroatoms. The topological polar surface area (TPSA) is 61.8 Å². The highest BCUT2D eigenvalue weighted by molar-refractivity contribution is 5.79. The fourth-order valence-electron chi connectivity index (χ4n) is 3.31. The first-order valence-electron chi connectivity index (χ1n) is 10.2. The molecule has 0 aliphatic carbocycles. The summed E-state index contributed by atoms with van der Waals surface area (Å²) < 4.78 is 19.2. The van der Waals surface area contributed by atoms with Crippen molar-refractivity contribution < 1.29 is 9.13 Å². The molecule has 0 bridgehead atoms. The molecule has 29 heavy (non-hydrogen) atoms. The molecule has 156 valence electrons. The summed E-state index contributed by atoms with van der Waals surface area (Å²) in [6, 6.07) is 10.4. The Morgan fingerprint density at radius 2 is 2.07 bits per heavy atom. The monoisotopic (exact) mass is 399 g/mol. The Kier molecular flexibility index (Phi) is 7.67. The summed E-state index contributed by atoms with van der Waals surface area (Å²) >= 11 is 0. The maximum absolute atomic E-state index is 13.3. The van der Waals surface area contributed by atoms with Crippen LogP contribution in [0.4, 0.5) is 10.2 Å². The fraction of sp³-hybridized carbons (Fsp3) is 0.455. The van der Waals surface area contributed by atoms with Crippen LogP contribution in [-0.2, 0) is 6.54 Å². The predicted molar refractivity (Wildman–Crippen MR) is 115 cm³/mol. The largest absolute Gasteiger partial charge is 0.489 e. The molecule has 1 aromatic heterocycles. The van der Waals surface area contributed by atoms with Gasteiger partial charge in [-0.25, -0.2) is 9.37 Å². The molecule has 0 spiro atoms. The third-order valence-electron chi connectivity index (χ3n) is 4.97. The predicted octanol–water partition coefficient (Wildman–Crippen LogP) is 3.34. The van der Waals surface area contributed by atoms with E-state index >= 15 is 0 Å². The molecule has 0 amide bonds. The van der Waals surface area contributed by atoms with Gasteiger partial charge in [-0.15, -0.1) is 0 Å². The van der Waals surface area contributed by atoms with E-state index in [4.69, 9.17) is 4.74 Å².